The molecule has 3 heterocycles. The molecule has 2 aromatic rings. The summed E-state index contributed by atoms with van der Waals surface area (Å²) in [5.74, 6) is 1.67. The summed E-state index contributed by atoms with van der Waals surface area (Å²) in [7, 11) is 2.08. The van der Waals surface area contributed by atoms with E-state index in [-0.39, 0.29) is 11.8 Å². The van der Waals surface area contributed by atoms with E-state index in [4.69, 9.17) is 20.9 Å². The summed E-state index contributed by atoms with van der Waals surface area (Å²) >= 11 is 6.15. The molecular weight excluding hydrogens is 480 g/mol. The second kappa shape index (κ2) is 11.6. The summed E-state index contributed by atoms with van der Waals surface area (Å²) in [6, 6.07) is 7.32. The SMILES string of the molecule is Cc1noc(C)c1CCC(=O)N1CCC[C@](COc2cccc(Cl)c2)(CC(=O)N2CCN(C)CC2)C1. The Bertz CT molecular complexity index is 1050. The third-order valence-electron chi connectivity index (χ3n) is 7.51. The number of hydrogen-bond donors (Lipinski definition) is 0. The van der Waals surface area contributed by atoms with Crippen molar-refractivity contribution in [2.45, 2.75) is 46.0 Å². The molecule has 36 heavy (non-hydrogen) atoms. The number of nitrogens with zero attached hydrogens (tertiary/aromatic N) is 4. The summed E-state index contributed by atoms with van der Waals surface area (Å²) in [6.45, 7) is 8.58. The molecule has 0 radical (unpaired) electrons. The number of likely N-dealkylation sites (N-methyl/N-ethyl adjacent to an activating group) is 1. The van der Waals surface area contributed by atoms with Crippen molar-refractivity contribution in [2.75, 3.05) is 52.9 Å². The number of hydrogen-bond acceptors (Lipinski definition) is 6. The zero-order chi connectivity index (χ0) is 25.7. The molecule has 196 valence electrons. The first kappa shape index (κ1) is 26.5. The van der Waals surface area contributed by atoms with Crippen molar-refractivity contribution in [3.05, 3.63) is 46.3 Å². The number of carbonyl (C=O) groups is 2. The maximum atomic E-state index is 13.4. The van der Waals surface area contributed by atoms with Gasteiger partial charge >= 0.3 is 0 Å². The Morgan fingerprint density at radius 1 is 1.11 bits per heavy atom. The first-order chi connectivity index (χ1) is 17.2. The lowest BCUT2D eigenvalue weighted by atomic mass is 9.77. The van der Waals surface area contributed by atoms with Crippen LogP contribution in [-0.4, -0.2) is 84.6 Å². The molecule has 2 aliphatic rings. The first-order valence-corrected chi connectivity index (χ1v) is 13.2. The molecule has 1 aromatic carbocycles. The average Bonchev–Trinajstić information content (AvgIpc) is 3.18. The van der Waals surface area contributed by atoms with E-state index in [1.54, 1.807) is 12.1 Å². The second-order valence-electron chi connectivity index (χ2n) is 10.3. The van der Waals surface area contributed by atoms with Gasteiger partial charge in [-0.05, 0) is 58.4 Å². The minimum atomic E-state index is -0.445. The quantitative estimate of drug-likeness (QED) is 0.532. The molecule has 0 unspecified atom stereocenters. The second-order valence-corrected chi connectivity index (χ2v) is 10.8. The number of aryl methyl sites for hydroxylation is 2. The first-order valence-electron chi connectivity index (χ1n) is 12.8. The van der Waals surface area contributed by atoms with Gasteiger partial charge in [0.2, 0.25) is 11.8 Å². The van der Waals surface area contributed by atoms with Gasteiger partial charge in [0.15, 0.2) is 0 Å². The van der Waals surface area contributed by atoms with Gasteiger partial charge in [0.25, 0.3) is 0 Å². The van der Waals surface area contributed by atoms with E-state index in [1.165, 1.54) is 0 Å². The molecule has 4 rings (SSSR count). The highest BCUT2D eigenvalue weighted by molar-refractivity contribution is 6.30. The molecule has 1 aromatic heterocycles. The lowest BCUT2D eigenvalue weighted by molar-refractivity contribution is -0.142. The molecule has 2 aliphatic heterocycles. The highest BCUT2D eigenvalue weighted by Crippen LogP contribution is 2.36. The van der Waals surface area contributed by atoms with Gasteiger partial charge in [-0.15, -0.1) is 0 Å². The van der Waals surface area contributed by atoms with E-state index in [2.05, 4.69) is 17.1 Å². The number of benzene rings is 1. The number of amides is 2. The summed E-state index contributed by atoms with van der Waals surface area (Å²) < 4.78 is 11.4. The molecule has 0 bridgehead atoms. The Balaban J connectivity index is 1.46. The smallest absolute Gasteiger partial charge is 0.223 e. The van der Waals surface area contributed by atoms with E-state index < -0.39 is 5.41 Å². The highest BCUT2D eigenvalue weighted by Gasteiger charge is 2.41. The van der Waals surface area contributed by atoms with Crippen LogP contribution in [0.25, 0.3) is 0 Å². The van der Waals surface area contributed by atoms with Gasteiger partial charge < -0.3 is 24.0 Å². The molecule has 0 N–H and O–H groups in total. The Morgan fingerprint density at radius 3 is 2.58 bits per heavy atom. The lowest BCUT2D eigenvalue weighted by Crippen LogP contribution is -2.53. The normalized spacial score (nSPS) is 21.0. The fourth-order valence-corrected chi connectivity index (χ4v) is 5.44. The summed E-state index contributed by atoms with van der Waals surface area (Å²) in [6.07, 6.45) is 3.03. The largest absolute Gasteiger partial charge is 0.493 e. The van der Waals surface area contributed by atoms with E-state index in [0.717, 1.165) is 56.0 Å². The number of rotatable bonds is 8. The van der Waals surface area contributed by atoms with Gasteiger partial charge in [-0.25, -0.2) is 0 Å². The fraction of sp³-hybridized carbons (Fsp3) is 0.593. The van der Waals surface area contributed by atoms with Crippen molar-refractivity contribution in [3.8, 4) is 5.75 Å². The Morgan fingerprint density at radius 2 is 1.89 bits per heavy atom. The highest BCUT2D eigenvalue weighted by atomic mass is 35.5. The van der Waals surface area contributed by atoms with Crippen molar-refractivity contribution in [3.63, 3.8) is 0 Å². The zero-order valence-electron chi connectivity index (χ0n) is 21.6. The fourth-order valence-electron chi connectivity index (χ4n) is 5.26. The molecule has 2 amide bonds. The monoisotopic (exact) mass is 516 g/mol. The molecule has 2 saturated heterocycles. The van der Waals surface area contributed by atoms with Gasteiger partial charge in [-0.3, -0.25) is 9.59 Å². The van der Waals surface area contributed by atoms with Crippen LogP contribution < -0.4 is 4.74 Å². The topological polar surface area (TPSA) is 79.1 Å². The average molecular weight is 517 g/mol. The van der Waals surface area contributed by atoms with E-state index >= 15 is 0 Å². The van der Waals surface area contributed by atoms with E-state index in [1.807, 2.05) is 35.8 Å². The van der Waals surface area contributed by atoms with Crippen molar-refractivity contribution in [1.82, 2.24) is 19.9 Å². The molecule has 1 atom stereocenters. The van der Waals surface area contributed by atoms with Crippen molar-refractivity contribution in [2.24, 2.45) is 5.41 Å². The van der Waals surface area contributed by atoms with E-state index in [9.17, 15) is 9.59 Å². The van der Waals surface area contributed by atoms with Gasteiger partial charge in [0.1, 0.15) is 11.5 Å². The molecule has 9 heteroatoms. The van der Waals surface area contributed by atoms with Crippen LogP contribution in [0.15, 0.2) is 28.8 Å². The van der Waals surface area contributed by atoms with Crippen LogP contribution in [-0.2, 0) is 16.0 Å². The van der Waals surface area contributed by atoms with Crippen LogP contribution in [0.3, 0.4) is 0 Å². The third-order valence-corrected chi connectivity index (χ3v) is 7.74. The minimum absolute atomic E-state index is 0.0916. The number of likely N-dealkylation sites (tertiary alicyclic amines) is 1. The van der Waals surface area contributed by atoms with Crippen molar-refractivity contribution < 1.29 is 18.8 Å². The maximum Gasteiger partial charge on any atom is 0.223 e. The van der Waals surface area contributed by atoms with Crippen LogP contribution in [0.5, 0.6) is 5.75 Å². The summed E-state index contributed by atoms with van der Waals surface area (Å²) in [4.78, 5) is 32.8. The minimum Gasteiger partial charge on any atom is -0.493 e. The maximum absolute atomic E-state index is 13.4. The summed E-state index contributed by atoms with van der Waals surface area (Å²) in [5.41, 5.74) is 1.39. The van der Waals surface area contributed by atoms with Crippen LogP contribution in [0, 0.1) is 19.3 Å². The molecular formula is C27H37ClN4O4. The Hall–Kier alpha value is -2.58. The number of ether oxygens (including phenoxy) is 1. The molecule has 0 saturated carbocycles. The summed E-state index contributed by atoms with van der Waals surface area (Å²) in [5, 5.41) is 4.61. The zero-order valence-corrected chi connectivity index (χ0v) is 22.4. The number of halogens is 1. The van der Waals surface area contributed by atoms with Crippen LogP contribution in [0.4, 0.5) is 0 Å². The van der Waals surface area contributed by atoms with Gasteiger partial charge in [-0.1, -0.05) is 22.8 Å². The predicted octanol–water partition coefficient (Wildman–Crippen LogP) is 3.73. The Labute approximate surface area is 218 Å². The molecule has 8 nitrogen and oxygen atoms in total. The van der Waals surface area contributed by atoms with Crippen LogP contribution in [0.2, 0.25) is 5.02 Å². The number of piperidine rings is 1. The Kier molecular flexibility index (Phi) is 8.57. The molecule has 2 fully saturated rings. The predicted molar refractivity (Wildman–Crippen MR) is 138 cm³/mol. The standard InChI is InChI=1S/C27H37ClN4O4/c1-20-24(21(2)36-29-20)8-9-25(33)32-11-5-10-27(18-32,19-35-23-7-4-6-22(28)16-23)17-26(34)31-14-12-30(3)13-15-31/h4,6-7,16H,5,8-15,17-19H2,1-3H3/t27-/m0/s1. The number of piperazine rings is 1. The molecule has 0 spiro atoms. The lowest BCUT2D eigenvalue weighted by Gasteiger charge is -2.43. The van der Waals surface area contributed by atoms with Crippen molar-refractivity contribution >= 4 is 23.4 Å². The van der Waals surface area contributed by atoms with Gasteiger partial charge in [0, 0.05) is 68.1 Å². The third kappa shape index (κ3) is 6.59. The number of aromatic nitrogens is 1. The van der Waals surface area contributed by atoms with Crippen molar-refractivity contribution in [1.29, 1.82) is 0 Å². The number of carbonyl (C=O) groups excluding carboxylic acids is 2. The van der Waals surface area contributed by atoms with Crippen LogP contribution in [0.1, 0.15) is 42.7 Å². The van der Waals surface area contributed by atoms with Gasteiger partial charge in [0.05, 0.1) is 12.3 Å². The van der Waals surface area contributed by atoms with E-state index in [0.29, 0.717) is 49.7 Å². The van der Waals surface area contributed by atoms with Crippen LogP contribution >= 0.6 is 11.6 Å². The molecule has 0 aliphatic carbocycles. The van der Waals surface area contributed by atoms with Gasteiger partial charge in [-0.2, -0.15) is 0 Å².